The third-order valence-electron chi connectivity index (χ3n) is 0.961. The maximum Gasteiger partial charge on any atom is 0.0944 e. The van der Waals surface area contributed by atoms with Crippen LogP contribution in [0.1, 0.15) is 6.92 Å². The molecule has 0 aliphatic carbocycles. The Morgan fingerprint density at radius 1 is 1.00 bits per heavy atom. The Balaban J connectivity index is -0.0000000180. The molecule has 0 saturated heterocycles. The minimum absolute atomic E-state index is 0. The van der Waals surface area contributed by atoms with Crippen molar-refractivity contribution in [3.05, 3.63) is 0 Å². The lowest BCUT2D eigenvalue weighted by atomic mass is 10.4. The molecule has 0 fully saturated rings. The van der Waals surface area contributed by atoms with E-state index < -0.39 is 0 Å². The molecule has 7 nitrogen and oxygen atoms in total. The van der Waals surface area contributed by atoms with Crippen molar-refractivity contribution in [1.82, 2.24) is 4.90 Å². The number of hydrogen-bond donors (Lipinski definition) is 0. The maximum absolute atomic E-state index is 8.21. The summed E-state index contributed by atoms with van der Waals surface area (Å²) in [5.41, 5.74) is 0. The molecule has 7 heteroatoms. The zero-order chi connectivity index (χ0) is 5.86. The first-order valence-electron chi connectivity index (χ1n) is 2.24. The van der Waals surface area contributed by atoms with Gasteiger partial charge < -0.3 is 27.4 Å². The predicted octanol–water partition coefficient (Wildman–Crippen LogP) is -3.66. The highest BCUT2D eigenvalue weighted by molar-refractivity contribution is 4.84. The fraction of sp³-hybridized carbons (Fsp3) is 0.800. The SMILES string of the molecule is CC(C#N)N(C)C.O.O.O.O.O. The molecular weight excluding hydrogens is 168 g/mol. The average Bonchev–Trinajstić information content (AvgIpc) is 1.65. The predicted molar refractivity (Wildman–Crippen MR) is 46.8 cm³/mol. The van der Waals surface area contributed by atoms with Gasteiger partial charge in [-0.25, -0.2) is 0 Å². The van der Waals surface area contributed by atoms with Gasteiger partial charge in [0.1, 0.15) is 0 Å². The van der Waals surface area contributed by atoms with Crippen LogP contribution < -0.4 is 0 Å². The van der Waals surface area contributed by atoms with Gasteiger partial charge in [-0.05, 0) is 21.0 Å². The highest BCUT2D eigenvalue weighted by atomic mass is 16.0. The zero-order valence-electron chi connectivity index (χ0n) is 7.47. The van der Waals surface area contributed by atoms with Gasteiger partial charge in [-0.3, -0.25) is 4.90 Å². The van der Waals surface area contributed by atoms with Gasteiger partial charge in [0.25, 0.3) is 0 Å². The van der Waals surface area contributed by atoms with Crippen LogP contribution in [0, 0.1) is 11.3 Å². The minimum atomic E-state index is 0. The molecule has 0 bridgehead atoms. The van der Waals surface area contributed by atoms with E-state index in [1.54, 1.807) is 0 Å². The molecule has 1 atom stereocenters. The summed E-state index contributed by atoms with van der Waals surface area (Å²) in [7, 11) is 3.77. The van der Waals surface area contributed by atoms with Gasteiger partial charge in [0, 0.05) is 0 Å². The second-order valence-corrected chi connectivity index (χ2v) is 1.77. The Morgan fingerprint density at radius 2 is 1.25 bits per heavy atom. The molecule has 1 unspecified atom stereocenters. The second-order valence-electron chi connectivity index (χ2n) is 1.77. The summed E-state index contributed by atoms with van der Waals surface area (Å²) in [5.74, 6) is 0. The van der Waals surface area contributed by atoms with Crippen LogP contribution in [0.5, 0.6) is 0 Å². The van der Waals surface area contributed by atoms with E-state index in [1.807, 2.05) is 25.9 Å². The molecule has 0 radical (unpaired) electrons. The number of hydrogen-bond acceptors (Lipinski definition) is 2. The van der Waals surface area contributed by atoms with E-state index in [-0.39, 0.29) is 33.4 Å². The maximum atomic E-state index is 8.21. The van der Waals surface area contributed by atoms with Gasteiger partial charge in [0.2, 0.25) is 0 Å². The van der Waals surface area contributed by atoms with Crippen molar-refractivity contribution >= 4 is 0 Å². The van der Waals surface area contributed by atoms with Gasteiger partial charge in [0.05, 0.1) is 12.1 Å². The van der Waals surface area contributed by atoms with Gasteiger partial charge >= 0.3 is 0 Å². The van der Waals surface area contributed by atoms with Crippen molar-refractivity contribution in [1.29, 1.82) is 5.26 Å². The molecular formula is C5H20N2O5. The first kappa shape index (κ1) is 42.9. The minimum Gasteiger partial charge on any atom is -0.412 e. The summed E-state index contributed by atoms with van der Waals surface area (Å²) in [6.45, 7) is 1.86. The number of nitrogens with zero attached hydrogens (tertiary/aromatic N) is 2. The van der Waals surface area contributed by atoms with Gasteiger partial charge in [-0.2, -0.15) is 5.26 Å². The Bertz CT molecular complexity index is 92.3. The Kier molecular flexibility index (Phi) is 80.2. The largest absolute Gasteiger partial charge is 0.412 e. The molecule has 0 heterocycles. The summed E-state index contributed by atoms with van der Waals surface area (Å²) >= 11 is 0. The van der Waals surface area contributed by atoms with Crippen LogP contribution in [0.3, 0.4) is 0 Å². The molecule has 0 amide bonds. The Labute approximate surface area is 71.8 Å². The molecule has 12 heavy (non-hydrogen) atoms. The molecule has 0 aromatic heterocycles. The quantitative estimate of drug-likeness (QED) is 0.410. The molecule has 0 aliphatic rings. The molecule has 80 valence electrons. The Hall–Kier alpha value is -0.750. The van der Waals surface area contributed by atoms with Crippen molar-refractivity contribution in [2.24, 2.45) is 0 Å². The second kappa shape index (κ2) is 22.5. The lowest BCUT2D eigenvalue weighted by Crippen LogP contribution is -2.22. The summed E-state index contributed by atoms with van der Waals surface area (Å²) in [6.07, 6.45) is 0. The third kappa shape index (κ3) is 22.8. The van der Waals surface area contributed by atoms with Gasteiger partial charge in [-0.1, -0.05) is 0 Å². The first-order valence-corrected chi connectivity index (χ1v) is 2.24. The highest BCUT2D eigenvalue weighted by Crippen LogP contribution is 1.84. The molecule has 0 saturated carbocycles. The average molecular weight is 188 g/mol. The van der Waals surface area contributed by atoms with E-state index in [4.69, 9.17) is 5.26 Å². The van der Waals surface area contributed by atoms with E-state index >= 15 is 0 Å². The van der Waals surface area contributed by atoms with E-state index in [0.717, 1.165) is 0 Å². The van der Waals surface area contributed by atoms with Crippen LogP contribution in [-0.2, 0) is 0 Å². The third-order valence-corrected chi connectivity index (χ3v) is 0.961. The highest BCUT2D eigenvalue weighted by Gasteiger charge is 1.97. The van der Waals surface area contributed by atoms with Crippen LogP contribution >= 0.6 is 0 Å². The van der Waals surface area contributed by atoms with Crippen molar-refractivity contribution in [3.63, 3.8) is 0 Å². The summed E-state index contributed by atoms with van der Waals surface area (Å²) < 4.78 is 0. The Morgan fingerprint density at radius 3 is 1.25 bits per heavy atom. The van der Waals surface area contributed by atoms with Crippen LogP contribution in [0.25, 0.3) is 0 Å². The lowest BCUT2D eigenvalue weighted by molar-refractivity contribution is 0.371. The summed E-state index contributed by atoms with van der Waals surface area (Å²) in [4.78, 5) is 1.86. The van der Waals surface area contributed by atoms with E-state index in [9.17, 15) is 0 Å². The van der Waals surface area contributed by atoms with Crippen molar-refractivity contribution in [3.8, 4) is 6.07 Å². The van der Waals surface area contributed by atoms with Crippen LogP contribution in [-0.4, -0.2) is 52.4 Å². The van der Waals surface area contributed by atoms with Crippen molar-refractivity contribution in [2.75, 3.05) is 14.1 Å². The van der Waals surface area contributed by atoms with Gasteiger partial charge in [0.15, 0.2) is 0 Å². The van der Waals surface area contributed by atoms with Crippen LogP contribution in [0.4, 0.5) is 0 Å². The van der Waals surface area contributed by atoms with E-state index in [0.29, 0.717) is 0 Å². The van der Waals surface area contributed by atoms with Crippen LogP contribution in [0.15, 0.2) is 0 Å². The fourth-order valence-corrected chi connectivity index (χ4v) is 0.115. The van der Waals surface area contributed by atoms with E-state index in [1.165, 1.54) is 0 Å². The summed E-state index contributed by atoms with van der Waals surface area (Å²) in [6, 6.07) is 2.13. The standard InChI is InChI=1S/C5H10N2.5H2O/c1-5(4-6)7(2)3;;;;;/h5H,1-3H3;5*1H2. The molecule has 0 aliphatic heterocycles. The van der Waals surface area contributed by atoms with Crippen LogP contribution in [0.2, 0.25) is 0 Å². The fourth-order valence-electron chi connectivity index (χ4n) is 0.115. The topological polar surface area (TPSA) is 185 Å². The number of nitriles is 1. The van der Waals surface area contributed by atoms with Crippen molar-refractivity contribution < 1.29 is 27.4 Å². The molecule has 0 aromatic carbocycles. The first-order chi connectivity index (χ1) is 3.18. The van der Waals surface area contributed by atoms with E-state index in [2.05, 4.69) is 6.07 Å². The van der Waals surface area contributed by atoms with Crippen molar-refractivity contribution in [2.45, 2.75) is 13.0 Å². The summed E-state index contributed by atoms with van der Waals surface area (Å²) in [5, 5.41) is 8.21. The van der Waals surface area contributed by atoms with Gasteiger partial charge in [-0.15, -0.1) is 0 Å². The lowest BCUT2D eigenvalue weighted by Gasteiger charge is -2.09. The molecule has 0 aromatic rings. The monoisotopic (exact) mass is 188 g/mol. The molecule has 10 N–H and O–H groups in total. The molecule has 0 rings (SSSR count). The number of rotatable bonds is 1. The normalized spacial score (nSPS) is 7.92. The molecule has 0 spiro atoms. The smallest absolute Gasteiger partial charge is 0.0944 e. The zero-order valence-corrected chi connectivity index (χ0v) is 7.47.